The quantitative estimate of drug-likeness (QED) is 0.314. The molecule has 0 atom stereocenters. The first-order valence-electron chi connectivity index (χ1n) is 8.41. The van der Waals surface area contributed by atoms with Gasteiger partial charge in [0.1, 0.15) is 5.75 Å². The van der Waals surface area contributed by atoms with E-state index in [1.54, 1.807) is 36.6 Å². The van der Waals surface area contributed by atoms with Crippen molar-refractivity contribution in [1.29, 1.82) is 0 Å². The first kappa shape index (κ1) is 23.5. The molecule has 0 aliphatic heterocycles. The Labute approximate surface area is 179 Å². The molecule has 5 nitrogen and oxygen atoms in total. The number of nitrogens with zero attached hydrogens (tertiary/aromatic N) is 2. The highest BCUT2D eigenvalue weighted by molar-refractivity contribution is 14.0. The van der Waals surface area contributed by atoms with Crippen LogP contribution in [-0.4, -0.2) is 31.1 Å². The van der Waals surface area contributed by atoms with E-state index in [2.05, 4.69) is 44.6 Å². The van der Waals surface area contributed by atoms with E-state index in [1.807, 2.05) is 0 Å². The highest BCUT2D eigenvalue weighted by atomic mass is 127. The molecule has 0 amide bonds. The molecule has 1 aromatic heterocycles. The molecule has 0 spiro atoms. The Hall–Kier alpha value is -1.49. The fraction of sp³-hybridized carbons (Fsp3) is 0.444. The summed E-state index contributed by atoms with van der Waals surface area (Å²) in [6.45, 7) is 2.42. The standard InChI is InChI=1S/C18H24F2N4OS.HI/c1-12(2)16-24-14(11-26-16)8-9-22-18(21-3)23-10-13-6-4-5-7-15(13)25-17(19)20;/h4-7,11-12,17H,8-10H2,1-3H3,(H2,21,22,23);1H. The molecule has 2 N–H and O–H groups in total. The van der Waals surface area contributed by atoms with Crippen LogP contribution in [0.1, 0.15) is 36.0 Å². The van der Waals surface area contributed by atoms with E-state index in [9.17, 15) is 8.78 Å². The summed E-state index contributed by atoms with van der Waals surface area (Å²) < 4.78 is 29.5. The van der Waals surface area contributed by atoms with Gasteiger partial charge in [0.05, 0.1) is 10.7 Å². The smallest absolute Gasteiger partial charge is 0.387 e. The topological polar surface area (TPSA) is 58.5 Å². The van der Waals surface area contributed by atoms with Crippen LogP contribution in [0, 0.1) is 0 Å². The van der Waals surface area contributed by atoms with Gasteiger partial charge in [-0.25, -0.2) is 4.98 Å². The van der Waals surface area contributed by atoms with Crippen LogP contribution in [0.3, 0.4) is 0 Å². The van der Waals surface area contributed by atoms with Crippen LogP contribution in [0.4, 0.5) is 8.78 Å². The minimum atomic E-state index is -2.84. The van der Waals surface area contributed by atoms with Gasteiger partial charge in [0.25, 0.3) is 0 Å². The monoisotopic (exact) mass is 510 g/mol. The second-order valence-electron chi connectivity index (χ2n) is 5.92. The maximum Gasteiger partial charge on any atom is 0.387 e. The Balaban J connectivity index is 0.00000364. The van der Waals surface area contributed by atoms with Gasteiger partial charge in [0.15, 0.2) is 5.96 Å². The summed E-state index contributed by atoms with van der Waals surface area (Å²) in [7, 11) is 1.66. The second-order valence-corrected chi connectivity index (χ2v) is 6.81. The number of nitrogens with one attached hydrogen (secondary N) is 2. The highest BCUT2D eigenvalue weighted by Crippen LogP contribution is 2.20. The summed E-state index contributed by atoms with van der Waals surface area (Å²) in [5.41, 5.74) is 1.69. The van der Waals surface area contributed by atoms with Crippen LogP contribution < -0.4 is 15.4 Å². The van der Waals surface area contributed by atoms with Gasteiger partial charge in [0, 0.05) is 43.4 Å². The van der Waals surface area contributed by atoms with Crippen LogP contribution >= 0.6 is 35.3 Å². The Morgan fingerprint density at radius 3 is 2.63 bits per heavy atom. The molecule has 0 aliphatic rings. The number of halogens is 3. The van der Waals surface area contributed by atoms with E-state index in [0.717, 1.165) is 17.1 Å². The summed E-state index contributed by atoms with van der Waals surface area (Å²) >= 11 is 1.68. The molecule has 0 unspecified atom stereocenters. The summed E-state index contributed by atoms with van der Waals surface area (Å²) in [6.07, 6.45) is 0.787. The van der Waals surface area contributed by atoms with Gasteiger partial charge >= 0.3 is 6.61 Å². The molecule has 0 radical (unpaired) electrons. The number of guanidine groups is 1. The van der Waals surface area contributed by atoms with Crippen molar-refractivity contribution in [2.45, 2.75) is 39.3 Å². The van der Waals surface area contributed by atoms with E-state index in [1.165, 1.54) is 6.07 Å². The zero-order valence-electron chi connectivity index (χ0n) is 15.5. The molecule has 150 valence electrons. The first-order valence-corrected chi connectivity index (χ1v) is 9.29. The second kappa shape index (κ2) is 12.1. The van der Waals surface area contributed by atoms with Crippen molar-refractivity contribution in [3.8, 4) is 5.75 Å². The SMILES string of the molecule is CN=C(NCCc1csc(C(C)C)n1)NCc1ccccc1OC(F)F.I. The number of para-hydroxylation sites is 1. The Kier molecular flexibility index (Phi) is 10.5. The lowest BCUT2D eigenvalue weighted by atomic mass is 10.2. The van der Waals surface area contributed by atoms with Gasteiger partial charge in [-0.1, -0.05) is 32.0 Å². The number of aliphatic imine (C=N–C) groups is 1. The molecular weight excluding hydrogens is 485 g/mol. The molecule has 1 aromatic carbocycles. The first-order chi connectivity index (χ1) is 12.5. The van der Waals surface area contributed by atoms with Gasteiger partial charge in [-0.2, -0.15) is 8.78 Å². The predicted molar refractivity (Wildman–Crippen MR) is 117 cm³/mol. The van der Waals surface area contributed by atoms with Gasteiger partial charge in [-0.3, -0.25) is 4.99 Å². The normalized spacial score (nSPS) is 11.4. The molecule has 0 saturated heterocycles. The lowest BCUT2D eigenvalue weighted by Crippen LogP contribution is -2.38. The van der Waals surface area contributed by atoms with E-state index in [-0.39, 0.29) is 29.7 Å². The molecule has 1 heterocycles. The number of aromatic nitrogens is 1. The van der Waals surface area contributed by atoms with Gasteiger partial charge in [0.2, 0.25) is 0 Å². The number of ether oxygens (including phenoxy) is 1. The van der Waals surface area contributed by atoms with E-state index in [4.69, 9.17) is 0 Å². The van der Waals surface area contributed by atoms with Crippen LogP contribution in [0.15, 0.2) is 34.6 Å². The summed E-state index contributed by atoms with van der Waals surface area (Å²) in [6, 6.07) is 6.70. The van der Waals surface area contributed by atoms with Crippen LogP contribution in [-0.2, 0) is 13.0 Å². The lowest BCUT2D eigenvalue weighted by molar-refractivity contribution is -0.0504. The third-order valence-electron chi connectivity index (χ3n) is 3.60. The van der Waals surface area contributed by atoms with Crippen molar-refractivity contribution in [3.63, 3.8) is 0 Å². The van der Waals surface area contributed by atoms with Crippen molar-refractivity contribution in [2.75, 3.05) is 13.6 Å². The lowest BCUT2D eigenvalue weighted by Gasteiger charge is -2.14. The third-order valence-corrected chi connectivity index (χ3v) is 4.79. The van der Waals surface area contributed by atoms with Gasteiger partial charge in [-0.05, 0) is 6.07 Å². The summed E-state index contributed by atoms with van der Waals surface area (Å²) in [5.74, 6) is 1.19. The molecule has 0 bridgehead atoms. The number of hydrogen-bond donors (Lipinski definition) is 2. The number of hydrogen-bond acceptors (Lipinski definition) is 4. The number of rotatable bonds is 8. The minimum Gasteiger partial charge on any atom is -0.434 e. The summed E-state index contributed by atoms with van der Waals surface area (Å²) in [5, 5.41) is 9.52. The molecule has 9 heteroatoms. The van der Waals surface area contributed by atoms with Crippen molar-refractivity contribution < 1.29 is 13.5 Å². The molecule has 0 fully saturated rings. The van der Waals surface area contributed by atoms with E-state index < -0.39 is 6.61 Å². The summed E-state index contributed by atoms with van der Waals surface area (Å²) in [4.78, 5) is 8.74. The van der Waals surface area contributed by atoms with E-state index in [0.29, 0.717) is 30.5 Å². The third kappa shape index (κ3) is 7.96. The van der Waals surface area contributed by atoms with Crippen molar-refractivity contribution >= 4 is 41.3 Å². The Morgan fingerprint density at radius 2 is 2.00 bits per heavy atom. The van der Waals surface area contributed by atoms with Crippen LogP contribution in [0.5, 0.6) is 5.75 Å². The van der Waals surface area contributed by atoms with Crippen LogP contribution in [0.25, 0.3) is 0 Å². The van der Waals surface area contributed by atoms with Crippen LogP contribution in [0.2, 0.25) is 0 Å². The Morgan fingerprint density at radius 1 is 1.26 bits per heavy atom. The highest BCUT2D eigenvalue weighted by Gasteiger charge is 2.10. The number of alkyl halides is 2. The van der Waals surface area contributed by atoms with Gasteiger partial charge < -0.3 is 15.4 Å². The average molecular weight is 510 g/mol. The zero-order valence-corrected chi connectivity index (χ0v) is 18.7. The number of thiazole rings is 1. The molecular formula is C18H25F2IN4OS. The average Bonchev–Trinajstić information content (AvgIpc) is 3.08. The predicted octanol–water partition coefficient (Wildman–Crippen LogP) is 4.39. The molecule has 2 rings (SSSR count). The number of benzene rings is 1. The maximum atomic E-state index is 12.5. The molecule has 2 aromatic rings. The fourth-order valence-electron chi connectivity index (χ4n) is 2.27. The molecule has 27 heavy (non-hydrogen) atoms. The van der Waals surface area contributed by atoms with Gasteiger partial charge in [-0.15, -0.1) is 35.3 Å². The molecule has 0 saturated carbocycles. The maximum absolute atomic E-state index is 12.5. The minimum absolute atomic E-state index is 0. The van der Waals surface area contributed by atoms with Crippen molar-refractivity contribution in [3.05, 3.63) is 45.9 Å². The Bertz CT molecular complexity index is 725. The largest absolute Gasteiger partial charge is 0.434 e. The van der Waals surface area contributed by atoms with E-state index >= 15 is 0 Å². The zero-order chi connectivity index (χ0) is 18.9. The fourth-order valence-corrected chi connectivity index (χ4v) is 3.14. The van der Waals surface area contributed by atoms with Crippen molar-refractivity contribution in [2.24, 2.45) is 4.99 Å². The molecule has 0 aliphatic carbocycles. The van der Waals surface area contributed by atoms with Crippen molar-refractivity contribution in [1.82, 2.24) is 15.6 Å².